The average Bonchev–Trinajstić information content (AvgIpc) is 2.95. The molecule has 2 aromatic heterocycles. The van der Waals surface area contributed by atoms with E-state index in [9.17, 15) is 4.79 Å². The van der Waals surface area contributed by atoms with Crippen molar-refractivity contribution in [3.63, 3.8) is 0 Å². The number of aldehydes is 1. The highest BCUT2D eigenvalue weighted by Crippen LogP contribution is 2.30. The Morgan fingerprint density at radius 2 is 1.96 bits per heavy atom. The van der Waals surface area contributed by atoms with Gasteiger partial charge in [-0.15, -0.1) is 0 Å². The van der Waals surface area contributed by atoms with Gasteiger partial charge in [-0.25, -0.2) is 9.97 Å². The monoisotopic (exact) mass is 309 g/mol. The van der Waals surface area contributed by atoms with Crippen LogP contribution in [0.1, 0.15) is 29.1 Å². The lowest BCUT2D eigenvalue weighted by atomic mass is 10.1. The molecule has 1 aromatic carbocycles. The zero-order valence-electron chi connectivity index (χ0n) is 13.4. The number of carbonyl (C=O) groups is 1. The predicted molar refractivity (Wildman–Crippen MR) is 90.3 cm³/mol. The summed E-state index contributed by atoms with van der Waals surface area (Å²) in [6.07, 6.45) is 4.37. The van der Waals surface area contributed by atoms with Crippen molar-refractivity contribution in [2.45, 2.75) is 13.0 Å². The van der Waals surface area contributed by atoms with Crippen LogP contribution < -0.4 is 5.73 Å². The van der Waals surface area contributed by atoms with E-state index in [-0.39, 0.29) is 6.04 Å². The van der Waals surface area contributed by atoms with Crippen LogP contribution in [0.4, 0.5) is 5.82 Å². The smallest absolute Gasteiger partial charge is 0.150 e. The molecular formula is C17H19N5O. The number of benzene rings is 1. The number of imidazole rings is 1. The van der Waals surface area contributed by atoms with Gasteiger partial charge in [0.15, 0.2) is 0 Å². The molecule has 1 atom stereocenters. The SMILES string of the molecule is CC(c1nc(-c2ccc(C=O)cc2)c2c(N)nccn12)N(C)C. The van der Waals surface area contributed by atoms with Crippen LogP contribution in [0, 0.1) is 0 Å². The van der Waals surface area contributed by atoms with Crippen LogP contribution in [-0.2, 0) is 0 Å². The number of nitrogen functional groups attached to an aromatic ring is 1. The molecular weight excluding hydrogens is 290 g/mol. The summed E-state index contributed by atoms with van der Waals surface area (Å²) in [4.78, 5) is 21.9. The number of anilines is 1. The summed E-state index contributed by atoms with van der Waals surface area (Å²) >= 11 is 0. The minimum absolute atomic E-state index is 0.118. The van der Waals surface area contributed by atoms with E-state index in [1.165, 1.54) is 0 Å². The molecule has 0 amide bonds. The molecule has 2 heterocycles. The molecule has 0 bridgehead atoms. The molecule has 0 aliphatic heterocycles. The van der Waals surface area contributed by atoms with Crippen LogP contribution in [0.3, 0.4) is 0 Å². The summed E-state index contributed by atoms with van der Waals surface area (Å²) in [6, 6.07) is 7.42. The zero-order valence-corrected chi connectivity index (χ0v) is 13.4. The largest absolute Gasteiger partial charge is 0.382 e. The minimum Gasteiger partial charge on any atom is -0.382 e. The van der Waals surface area contributed by atoms with E-state index < -0.39 is 0 Å². The molecule has 3 rings (SSSR count). The van der Waals surface area contributed by atoms with Gasteiger partial charge in [-0.05, 0) is 21.0 Å². The molecule has 2 N–H and O–H groups in total. The summed E-state index contributed by atoms with van der Waals surface area (Å²) in [6.45, 7) is 2.09. The molecule has 6 heteroatoms. The molecule has 23 heavy (non-hydrogen) atoms. The zero-order chi connectivity index (χ0) is 16.6. The van der Waals surface area contributed by atoms with Crippen molar-refractivity contribution in [3.05, 3.63) is 48.0 Å². The Hall–Kier alpha value is -2.73. The molecule has 0 spiro atoms. The van der Waals surface area contributed by atoms with Crippen LogP contribution in [0.15, 0.2) is 36.7 Å². The van der Waals surface area contributed by atoms with Crippen LogP contribution in [0.25, 0.3) is 16.8 Å². The topological polar surface area (TPSA) is 76.5 Å². The molecule has 3 aromatic rings. The highest BCUT2D eigenvalue weighted by atomic mass is 16.1. The Bertz CT molecular complexity index is 851. The number of hydrogen-bond acceptors (Lipinski definition) is 5. The van der Waals surface area contributed by atoms with Gasteiger partial charge in [0.05, 0.1) is 6.04 Å². The maximum atomic E-state index is 10.8. The van der Waals surface area contributed by atoms with E-state index in [4.69, 9.17) is 10.7 Å². The Kier molecular flexibility index (Phi) is 3.83. The second-order valence-corrected chi connectivity index (χ2v) is 5.73. The summed E-state index contributed by atoms with van der Waals surface area (Å²) in [5.41, 5.74) is 9.20. The van der Waals surface area contributed by atoms with Crippen molar-refractivity contribution < 1.29 is 4.79 Å². The highest BCUT2D eigenvalue weighted by Gasteiger charge is 2.20. The Morgan fingerprint density at radius 3 is 2.57 bits per heavy atom. The van der Waals surface area contributed by atoms with Gasteiger partial charge in [-0.1, -0.05) is 24.3 Å². The van der Waals surface area contributed by atoms with Crippen LogP contribution >= 0.6 is 0 Å². The van der Waals surface area contributed by atoms with Crippen molar-refractivity contribution in [1.29, 1.82) is 0 Å². The summed E-state index contributed by atoms with van der Waals surface area (Å²) in [7, 11) is 4.02. The van der Waals surface area contributed by atoms with Gasteiger partial charge >= 0.3 is 0 Å². The standard InChI is InChI=1S/C17H19N5O/c1-11(21(2)3)17-20-14(13-6-4-12(10-23)5-7-13)15-16(18)19-8-9-22(15)17/h4-11H,1-3H3,(H2,18,19). The number of carbonyl (C=O) groups excluding carboxylic acids is 1. The lowest BCUT2D eigenvalue weighted by Crippen LogP contribution is -2.19. The number of fused-ring (bicyclic) bond motifs is 1. The number of nitrogens with zero attached hydrogens (tertiary/aromatic N) is 4. The van der Waals surface area contributed by atoms with E-state index in [0.717, 1.165) is 28.9 Å². The van der Waals surface area contributed by atoms with Crippen LogP contribution in [-0.4, -0.2) is 39.7 Å². The summed E-state index contributed by atoms with van der Waals surface area (Å²) < 4.78 is 1.98. The van der Waals surface area contributed by atoms with Crippen LogP contribution in [0.2, 0.25) is 0 Å². The fraction of sp³-hybridized carbons (Fsp3) is 0.235. The lowest BCUT2D eigenvalue weighted by molar-refractivity contribution is 0.112. The molecule has 0 radical (unpaired) electrons. The van der Waals surface area contributed by atoms with Gasteiger partial charge in [0.2, 0.25) is 0 Å². The van der Waals surface area contributed by atoms with Gasteiger partial charge in [-0.3, -0.25) is 14.1 Å². The van der Waals surface area contributed by atoms with Gasteiger partial charge in [0.25, 0.3) is 0 Å². The molecule has 0 saturated carbocycles. The first-order chi connectivity index (χ1) is 11.0. The number of aromatic nitrogens is 3. The quantitative estimate of drug-likeness (QED) is 0.749. The van der Waals surface area contributed by atoms with E-state index in [0.29, 0.717) is 11.4 Å². The lowest BCUT2D eigenvalue weighted by Gasteiger charge is -2.18. The van der Waals surface area contributed by atoms with Crippen LogP contribution in [0.5, 0.6) is 0 Å². The molecule has 1 unspecified atom stereocenters. The first-order valence-corrected chi connectivity index (χ1v) is 7.37. The average molecular weight is 309 g/mol. The van der Waals surface area contributed by atoms with E-state index >= 15 is 0 Å². The molecule has 0 saturated heterocycles. The third-order valence-electron chi connectivity index (χ3n) is 4.08. The minimum atomic E-state index is 0.118. The number of hydrogen-bond donors (Lipinski definition) is 1. The van der Waals surface area contributed by atoms with Gasteiger partial charge in [0, 0.05) is 23.5 Å². The van der Waals surface area contributed by atoms with E-state index in [1.54, 1.807) is 18.3 Å². The normalized spacial score (nSPS) is 12.7. The number of nitrogens with two attached hydrogens (primary N) is 1. The molecule has 118 valence electrons. The predicted octanol–water partition coefficient (Wildman–Crippen LogP) is 2.41. The van der Waals surface area contributed by atoms with Crippen molar-refractivity contribution in [3.8, 4) is 11.3 Å². The first kappa shape index (κ1) is 15.2. The third kappa shape index (κ3) is 2.57. The molecule has 6 nitrogen and oxygen atoms in total. The Morgan fingerprint density at radius 1 is 1.26 bits per heavy atom. The van der Waals surface area contributed by atoms with Crippen molar-refractivity contribution in [2.75, 3.05) is 19.8 Å². The van der Waals surface area contributed by atoms with E-state index in [2.05, 4.69) is 16.8 Å². The first-order valence-electron chi connectivity index (χ1n) is 7.37. The molecule has 0 aliphatic rings. The third-order valence-corrected chi connectivity index (χ3v) is 4.08. The van der Waals surface area contributed by atoms with E-state index in [1.807, 2.05) is 36.8 Å². The van der Waals surface area contributed by atoms with Crippen molar-refractivity contribution >= 4 is 17.6 Å². The Labute approximate surface area is 134 Å². The van der Waals surface area contributed by atoms with Gasteiger partial charge in [0.1, 0.15) is 29.1 Å². The maximum absolute atomic E-state index is 10.8. The molecule has 0 fully saturated rings. The maximum Gasteiger partial charge on any atom is 0.150 e. The summed E-state index contributed by atoms with van der Waals surface area (Å²) in [5.74, 6) is 1.33. The van der Waals surface area contributed by atoms with Gasteiger partial charge in [-0.2, -0.15) is 0 Å². The molecule has 0 aliphatic carbocycles. The number of rotatable bonds is 4. The fourth-order valence-electron chi connectivity index (χ4n) is 2.53. The van der Waals surface area contributed by atoms with Crippen molar-refractivity contribution in [2.24, 2.45) is 0 Å². The van der Waals surface area contributed by atoms with Crippen molar-refractivity contribution in [1.82, 2.24) is 19.3 Å². The fourth-order valence-corrected chi connectivity index (χ4v) is 2.53. The second-order valence-electron chi connectivity index (χ2n) is 5.73. The summed E-state index contributed by atoms with van der Waals surface area (Å²) in [5, 5.41) is 0. The second kappa shape index (κ2) is 5.81. The highest BCUT2D eigenvalue weighted by molar-refractivity contribution is 5.86. The Balaban J connectivity index is 2.25. The van der Waals surface area contributed by atoms with Gasteiger partial charge < -0.3 is 5.73 Å².